The van der Waals surface area contributed by atoms with Gasteiger partial charge in [0.05, 0.1) is 0 Å². The van der Waals surface area contributed by atoms with E-state index in [-0.39, 0.29) is 17.6 Å². The van der Waals surface area contributed by atoms with E-state index in [0.29, 0.717) is 49.3 Å². The Bertz CT molecular complexity index is 777. The maximum atomic E-state index is 13.7. The van der Waals surface area contributed by atoms with Crippen molar-refractivity contribution in [2.75, 3.05) is 26.2 Å². The average molecular weight is 340 g/mol. The zero-order valence-electron chi connectivity index (χ0n) is 14.2. The highest BCUT2D eigenvalue weighted by Crippen LogP contribution is 2.14. The molecule has 0 spiro atoms. The topological polar surface area (TPSA) is 40.6 Å². The molecule has 5 heteroatoms. The molecule has 0 aliphatic carbocycles. The lowest BCUT2D eigenvalue weighted by molar-refractivity contribution is 0.0718. The monoisotopic (exact) mass is 340 g/mol. The molecule has 1 aliphatic rings. The van der Waals surface area contributed by atoms with E-state index in [0.717, 1.165) is 0 Å². The number of hydrogen-bond acceptors (Lipinski definition) is 2. The van der Waals surface area contributed by atoms with E-state index in [9.17, 15) is 14.0 Å². The van der Waals surface area contributed by atoms with Crippen molar-refractivity contribution in [2.24, 2.45) is 0 Å². The Labute approximate surface area is 146 Å². The van der Waals surface area contributed by atoms with Crippen LogP contribution in [-0.2, 0) is 0 Å². The molecule has 2 amide bonds. The molecule has 0 atom stereocenters. The number of hydrogen-bond donors (Lipinski definition) is 0. The number of carbonyl (C=O) groups is 2. The zero-order valence-corrected chi connectivity index (χ0v) is 14.2. The van der Waals surface area contributed by atoms with Gasteiger partial charge in [-0.15, -0.1) is 0 Å². The molecule has 1 heterocycles. The number of amides is 2. The number of benzene rings is 2. The number of aryl methyl sites for hydroxylation is 1. The van der Waals surface area contributed by atoms with Gasteiger partial charge >= 0.3 is 0 Å². The van der Waals surface area contributed by atoms with Crippen molar-refractivity contribution in [2.45, 2.75) is 13.3 Å². The maximum Gasteiger partial charge on any atom is 0.254 e. The fourth-order valence-electron chi connectivity index (χ4n) is 3.00. The molecule has 25 heavy (non-hydrogen) atoms. The highest BCUT2D eigenvalue weighted by Gasteiger charge is 2.23. The molecule has 3 rings (SSSR count). The Morgan fingerprint density at radius 2 is 1.44 bits per heavy atom. The predicted molar refractivity (Wildman–Crippen MR) is 94.0 cm³/mol. The largest absolute Gasteiger partial charge is 0.337 e. The first-order valence-electron chi connectivity index (χ1n) is 8.46. The lowest BCUT2D eigenvalue weighted by Gasteiger charge is -2.22. The Morgan fingerprint density at radius 3 is 2.04 bits per heavy atom. The van der Waals surface area contributed by atoms with Crippen molar-refractivity contribution >= 4 is 11.8 Å². The van der Waals surface area contributed by atoms with Crippen LogP contribution in [0.3, 0.4) is 0 Å². The van der Waals surface area contributed by atoms with Crippen LogP contribution in [0.2, 0.25) is 0 Å². The van der Waals surface area contributed by atoms with Crippen LogP contribution < -0.4 is 0 Å². The molecule has 1 saturated heterocycles. The second kappa shape index (κ2) is 7.47. The third-order valence-corrected chi connectivity index (χ3v) is 4.51. The molecule has 0 bridgehead atoms. The number of rotatable bonds is 2. The summed E-state index contributed by atoms with van der Waals surface area (Å²) in [5.74, 6) is -0.578. The van der Waals surface area contributed by atoms with Crippen LogP contribution in [-0.4, -0.2) is 47.8 Å². The molecular formula is C20H21FN2O2. The molecule has 0 unspecified atom stereocenters. The van der Waals surface area contributed by atoms with E-state index in [4.69, 9.17) is 0 Å². The summed E-state index contributed by atoms with van der Waals surface area (Å²) < 4.78 is 13.7. The summed E-state index contributed by atoms with van der Waals surface area (Å²) in [6.07, 6.45) is 0.707. The number of halogens is 1. The van der Waals surface area contributed by atoms with E-state index in [1.165, 1.54) is 6.07 Å². The minimum atomic E-state index is -0.374. The number of carbonyl (C=O) groups excluding carboxylic acids is 2. The highest BCUT2D eigenvalue weighted by molar-refractivity contribution is 5.95. The van der Waals surface area contributed by atoms with Crippen molar-refractivity contribution < 1.29 is 14.0 Å². The molecule has 0 radical (unpaired) electrons. The summed E-state index contributed by atoms with van der Waals surface area (Å²) in [5, 5.41) is 0. The first-order chi connectivity index (χ1) is 12.1. The summed E-state index contributed by atoms with van der Waals surface area (Å²) in [5.41, 5.74) is 1.53. The van der Waals surface area contributed by atoms with Gasteiger partial charge in [-0.05, 0) is 43.2 Å². The van der Waals surface area contributed by atoms with Crippen LogP contribution in [0.4, 0.5) is 4.39 Å². The van der Waals surface area contributed by atoms with Gasteiger partial charge in [0.15, 0.2) is 0 Å². The van der Waals surface area contributed by atoms with Gasteiger partial charge < -0.3 is 9.80 Å². The van der Waals surface area contributed by atoms with Crippen LogP contribution in [0.5, 0.6) is 0 Å². The van der Waals surface area contributed by atoms with Crippen molar-refractivity contribution in [3.8, 4) is 0 Å². The van der Waals surface area contributed by atoms with Gasteiger partial charge in [0.2, 0.25) is 0 Å². The third-order valence-electron chi connectivity index (χ3n) is 4.51. The normalized spacial score (nSPS) is 15.0. The highest BCUT2D eigenvalue weighted by atomic mass is 19.1. The van der Waals surface area contributed by atoms with E-state index >= 15 is 0 Å². The Kier molecular flexibility index (Phi) is 5.12. The van der Waals surface area contributed by atoms with E-state index in [2.05, 4.69) is 0 Å². The van der Waals surface area contributed by atoms with Gasteiger partial charge in [0, 0.05) is 37.3 Å². The van der Waals surface area contributed by atoms with Gasteiger partial charge in [-0.25, -0.2) is 4.39 Å². The summed E-state index contributed by atoms with van der Waals surface area (Å²) in [4.78, 5) is 28.6. The summed E-state index contributed by atoms with van der Waals surface area (Å²) >= 11 is 0. The van der Waals surface area contributed by atoms with Crippen molar-refractivity contribution in [3.63, 3.8) is 0 Å². The van der Waals surface area contributed by atoms with Crippen LogP contribution in [0.1, 0.15) is 32.7 Å². The van der Waals surface area contributed by atoms with Gasteiger partial charge in [0.25, 0.3) is 11.8 Å². The molecule has 2 aromatic carbocycles. The minimum Gasteiger partial charge on any atom is -0.337 e. The third kappa shape index (κ3) is 3.87. The van der Waals surface area contributed by atoms with Gasteiger partial charge in [-0.2, -0.15) is 0 Å². The quantitative estimate of drug-likeness (QED) is 0.843. The first kappa shape index (κ1) is 17.1. The molecule has 1 aliphatic heterocycles. The van der Waals surface area contributed by atoms with Gasteiger partial charge in [0.1, 0.15) is 5.82 Å². The van der Waals surface area contributed by atoms with Crippen LogP contribution >= 0.6 is 0 Å². The molecule has 4 nitrogen and oxygen atoms in total. The van der Waals surface area contributed by atoms with Crippen molar-refractivity contribution in [1.29, 1.82) is 0 Å². The molecule has 2 aromatic rings. The number of nitrogens with zero attached hydrogens (tertiary/aromatic N) is 2. The van der Waals surface area contributed by atoms with Crippen LogP contribution in [0.25, 0.3) is 0 Å². The van der Waals surface area contributed by atoms with Crippen LogP contribution in [0.15, 0.2) is 48.5 Å². The predicted octanol–water partition coefficient (Wildman–Crippen LogP) is 3.12. The average Bonchev–Trinajstić information content (AvgIpc) is 2.89. The summed E-state index contributed by atoms with van der Waals surface area (Å²) in [7, 11) is 0. The second-order valence-corrected chi connectivity index (χ2v) is 6.27. The fraction of sp³-hybridized carbons (Fsp3) is 0.300. The Morgan fingerprint density at radius 1 is 0.840 bits per heavy atom. The second-order valence-electron chi connectivity index (χ2n) is 6.27. The molecule has 1 fully saturated rings. The van der Waals surface area contributed by atoms with E-state index < -0.39 is 0 Å². The maximum absolute atomic E-state index is 13.7. The van der Waals surface area contributed by atoms with Crippen LogP contribution in [0, 0.1) is 12.7 Å². The lowest BCUT2D eigenvalue weighted by Crippen LogP contribution is -2.37. The molecular weight excluding hydrogens is 319 g/mol. The molecule has 0 aromatic heterocycles. The summed E-state index contributed by atoms with van der Waals surface area (Å²) in [6.45, 7) is 3.77. The van der Waals surface area contributed by atoms with E-state index in [1.807, 2.05) is 18.2 Å². The first-order valence-corrected chi connectivity index (χ1v) is 8.46. The smallest absolute Gasteiger partial charge is 0.254 e. The minimum absolute atomic E-state index is 0.0173. The molecule has 130 valence electrons. The SMILES string of the molecule is Cc1ccc(C(=O)N2CCCN(C(=O)c3ccccc3)CC2)cc1F. The van der Waals surface area contributed by atoms with Crippen molar-refractivity contribution in [3.05, 3.63) is 71.0 Å². The fourth-order valence-corrected chi connectivity index (χ4v) is 3.00. The Balaban J connectivity index is 1.68. The van der Waals surface area contributed by atoms with Crippen molar-refractivity contribution in [1.82, 2.24) is 9.80 Å². The van der Waals surface area contributed by atoms with Gasteiger partial charge in [-0.3, -0.25) is 9.59 Å². The standard InChI is InChI=1S/C20H21FN2O2/c1-15-8-9-17(14-18(15)21)20(25)23-11-5-10-22(12-13-23)19(24)16-6-3-2-4-7-16/h2-4,6-9,14H,5,10-13H2,1H3. The summed E-state index contributed by atoms with van der Waals surface area (Å²) in [6, 6.07) is 13.7. The van der Waals surface area contributed by atoms with E-state index in [1.54, 1.807) is 41.0 Å². The molecule has 0 N–H and O–H groups in total. The molecule has 0 saturated carbocycles. The zero-order chi connectivity index (χ0) is 17.8. The van der Waals surface area contributed by atoms with Gasteiger partial charge in [-0.1, -0.05) is 24.3 Å². The Hall–Kier alpha value is -2.69. The lowest BCUT2D eigenvalue weighted by atomic mass is 10.1.